The second kappa shape index (κ2) is 13.5. The molecule has 0 fully saturated rings. The number of ether oxygens (including phenoxy) is 1. The molecule has 38 heavy (non-hydrogen) atoms. The van der Waals surface area contributed by atoms with E-state index in [2.05, 4.69) is 5.32 Å². The maximum Gasteiger partial charge on any atom is 0.242 e. The zero-order chi connectivity index (χ0) is 28.7. The molecule has 0 saturated heterocycles. The third-order valence-corrected chi connectivity index (χ3v) is 7.55. The van der Waals surface area contributed by atoms with Gasteiger partial charge in [0.25, 0.3) is 0 Å². The van der Waals surface area contributed by atoms with E-state index < -0.39 is 21.6 Å². The van der Waals surface area contributed by atoms with E-state index in [1.807, 2.05) is 27.7 Å². The Morgan fingerprint density at radius 1 is 1.05 bits per heavy atom. The molecule has 0 aliphatic carbocycles. The van der Waals surface area contributed by atoms with Gasteiger partial charge in [-0.25, -0.2) is 8.42 Å². The van der Waals surface area contributed by atoms with Crippen LogP contribution < -0.4 is 14.4 Å². The van der Waals surface area contributed by atoms with Crippen LogP contribution in [0.15, 0.2) is 42.5 Å². The Balaban J connectivity index is 2.23. The number of halogens is 2. The number of hydrogen-bond donors (Lipinski definition) is 1. The highest BCUT2D eigenvalue weighted by atomic mass is 35.5. The zero-order valence-corrected chi connectivity index (χ0v) is 25.1. The summed E-state index contributed by atoms with van der Waals surface area (Å²) in [5, 5.41) is 3.68. The first-order valence-corrected chi connectivity index (χ1v) is 15.0. The Bertz CT molecular complexity index is 1190. The van der Waals surface area contributed by atoms with Gasteiger partial charge < -0.3 is 15.0 Å². The molecule has 0 aromatic heterocycles. The standard InChI is InChI=1S/C27H37Cl2N3O5S/c1-7-37-21-15-13-20(14-16-21)32(38(6,35)36)17-9-12-25(33)31(19(2)26(34)30-27(3,4)5)18-22-23(28)10-8-11-24(22)29/h8,10-11,13-16,19H,7,9,12,17-18H2,1-6H3,(H,30,34)/t19-/m1/s1. The summed E-state index contributed by atoms with van der Waals surface area (Å²) in [5.41, 5.74) is 0.517. The fourth-order valence-corrected chi connectivity index (χ4v) is 5.27. The van der Waals surface area contributed by atoms with Crippen LogP contribution in [-0.4, -0.2) is 56.1 Å². The van der Waals surface area contributed by atoms with Crippen molar-refractivity contribution in [3.05, 3.63) is 58.1 Å². The predicted octanol–water partition coefficient (Wildman–Crippen LogP) is 5.27. The first-order chi connectivity index (χ1) is 17.6. The molecular weight excluding hydrogens is 549 g/mol. The van der Waals surface area contributed by atoms with E-state index >= 15 is 0 Å². The Morgan fingerprint density at radius 3 is 2.13 bits per heavy atom. The summed E-state index contributed by atoms with van der Waals surface area (Å²) in [6.45, 7) is 9.70. The summed E-state index contributed by atoms with van der Waals surface area (Å²) in [4.78, 5) is 27.8. The number of rotatable bonds is 12. The van der Waals surface area contributed by atoms with Crippen LogP contribution in [0.5, 0.6) is 5.75 Å². The first-order valence-electron chi connectivity index (χ1n) is 12.4. The van der Waals surface area contributed by atoms with Crippen molar-refractivity contribution in [1.29, 1.82) is 0 Å². The Labute approximate surface area is 236 Å². The minimum atomic E-state index is -3.60. The van der Waals surface area contributed by atoms with Crippen molar-refractivity contribution >= 4 is 50.7 Å². The fraction of sp³-hybridized carbons (Fsp3) is 0.481. The highest BCUT2D eigenvalue weighted by molar-refractivity contribution is 7.92. The SMILES string of the molecule is CCOc1ccc(N(CCCC(=O)N(Cc2c(Cl)cccc2Cl)[C@H](C)C(=O)NC(C)(C)C)S(C)(=O)=O)cc1. The molecule has 2 rings (SSSR count). The summed E-state index contributed by atoms with van der Waals surface area (Å²) < 4.78 is 31.7. The monoisotopic (exact) mass is 585 g/mol. The van der Waals surface area contributed by atoms with E-state index in [9.17, 15) is 18.0 Å². The van der Waals surface area contributed by atoms with Crippen LogP contribution in [0.1, 0.15) is 53.0 Å². The van der Waals surface area contributed by atoms with Gasteiger partial charge in [0.1, 0.15) is 11.8 Å². The number of carbonyl (C=O) groups excluding carboxylic acids is 2. The number of sulfonamides is 1. The maximum absolute atomic E-state index is 13.4. The molecule has 0 saturated carbocycles. The van der Waals surface area contributed by atoms with Crippen molar-refractivity contribution < 1.29 is 22.7 Å². The molecular formula is C27H37Cl2N3O5S. The van der Waals surface area contributed by atoms with E-state index in [-0.39, 0.29) is 37.7 Å². The third kappa shape index (κ3) is 9.36. The van der Waals surface area contributed by atoms with Gasteiger partial charge in [-0.05, 0) is 77.4 Å². The summed E-state index contributed by atoms with van der Waals surface area (Å²) in [7, 11) is -3.60. The summed E-state index contributed by atoms with van der Waals surface area (Å²) >= 11 is 12.7. The van der Waals surface area contributed by atoms with Crippen LogP contribution in [0.25, 0.3) is 0 Å². The Kier molecular flexibility index (Phi) is 11.3. The van der Waals surface area contributed by atoms with Crippen molar-refractivity contribution in [2.45, 2.75) is 65.6 Å². The molecule has 0 aliphatic heterocycles. The van der Waals surface area contributed by atoms with Crippen LogP contribution >= 0.6 is 23.2 Å². The number of nitrogens with zero attached hydrogens (tertiary/aromatic N) is 2. The van der Waals surface area contributed by atoms with Gasteiger partial charge in [0.05, 0.1) is 18.6 Å². The van der Waals surface area contributed by atoms with Gasteiger partial charge in [-0.1, -0.05) is 29.3 Å². The number of benzene rings is 2. The molecule has 0 spiro atoms. The number of hydrogen-bond acceptors (Lipinski definition) is 5. The normalized spacial score (nSPS) is 12.5. The first kappa shape index (κ1) is 31.7. The molecule has 0 unspecified atom stereocenters. The minimum absolute atomic E-state index is 0.0122. The topological polar surface area (TPSA) is 96.0 Å². The molecule has 0 radical (unpaired) electrons. The lowest BCUT2D eigenvalue weighted by atomic mass is 10.1. The quantitative estimate of drug-likeness (QED) is 0.366. The minimum Gasteiger partial charge on any atom is -0.494 e. The molecule has 2 aromatic carbocycles. The smallest absolute Gasteiger partial charge is 0.242 e. The number of carbonyl (C=O) groups is 2. The second-order valence-corrected chi connectivity index (χ2v) is 12.7. The lowest BCUT2D eigenvalue weighted by Gasteiger charge is -2.32. The van der Waals surface area contributed by atoms with Crippen LogP contribution in [-0.2, 0) is 26.2 Å². The van der Waals surface area contributed by atoms with Crippen molar-refractivity contribution in [1.82, 2.24) is 10.2 Å². The Morgan fingerprint density at radius 2 is 1.63 bits per heavy atom. The number of amides is 2. The molecule has 210 valence electrons. The lowest BCUT2D eigenvalue weighted by molar-refractivity contribution is -0.141. The van der Waals surface area contributed by atoms with Gasteiger partial charge in [-0.2, -0.15) is 0 Å². The van der Waals surface area contributed by atoms with Crippen LogP contribution in [0.4, 0.5) is 5.69 Å². The van der Waals surface area contributed by atoms with E-state index in [0.29, 0.717) is 33.7 Å². The van der Waals surface area contributed by atoms with Crippen molar-refractivity contribution in [3.8, 4) is 5.75 Å². The summed E-state index contributed by atoms with van der Waals surface area (Å²) in [5.74, 6) is -0.00450. The fourth-order valence-electron chi connectivity index (χ4n) is 3.79. The van der Waals surface area contributed by atoms with E-state index in [4.69, 9.17) is 27.9 Å². The van der Waals surface area contributed by atoms with Crippen LogP contribution in [0.3, 0.4) is 0 Å². The lowest BCUT2D eigenvalue weighted by Crippen LogP contribution is -2.52. The number of anilines is 1. The molecule has 0 heterocycles. The maximum atomic E-state index is 13.4. The average Bonchev–Trinajstić information content (AvgIpc) is 2.80. The van der Waals surface area contributed by atoms with Crippen molar-refractivity contribution in [2.24, 2.45) is 0 Å². The van der Waals surface area contributed by atoms with E-state index in [1.54, 1.807) is 49.4 Å². The van der Waals surface area contributed by atoms with E-state index in [1.165, 1.54) is 9.21 Å². The van der Waals surface area contributed by atoms with Gasteiger partial charge >= 0.3 is 0 Å². The highest BCUT2D eigenvalue weighted by Crippen LogP contribution is 2.27. The molecule has 1 N–H and O–H groups in total. The molecule has 2 amide bonds. The van der Waals surface area contributed by atoms with Gasteiger partial charge in [0.15, 0.2) is 0 Å². The Hall–Kier alpha value is -2.49. The van der Waals surface area contributed by atoms with Gasteiger partial charge in [-0.3, -0.25) is 13.9 Å². The van der Waals surface area contributed by atoms with Crippen molar-refractivity contribution in [3.63, 3.8) is 0 Å². The van der Waals surface area contributed by atoms with E-state index in [0.717, 1.165) is 6.26 Å². The zero-order valence-electron chi connectivity index (χ0n) is 22.8. The van der Waals surface area contributed by atoms with Crippen LogP contribution in [0.2, 0.25) is 10.0 Å². The molecule has 11 heteroatoms. The molecule has 1 atom stereocenters. The largest absolute Gasteiger partial charge is 0.494 e. The van der Waals surface area contributed by atoms with Crippen molar-refractivity contribution in [2.75, 3.05) is 23.7 Å². The second-order valence-electron chi connectivity index (χ2n) is 10.0. The molecule has 8 nitrogen and oxygen atoms in total. The van der Waals surface area contributed by atoms with Gasteiger partial charge in [-0.15, -0.1) is 0 Å². The predicted molar refractivity (Wildman–Crippen MR) is 153 cm³/mol. The van der Waals surface area contributed by atoms with Gasteiger partial charge in [0, 0.05) is 40.7 Å². The third-order valence-electron chi connectivity index (χ3n) is 5.64. The summed E-state index contributed by atoms with van der Waals surface area (Å²) in [6.07, 6.45) is 1.37. The number of nitrogens with one attached hydrogen (secondary N) is 1. The molecule has 0 aliphatic rings. The average molecular weight is 587 g/mol. The van der Waals surface area contributed by atoms with Gasteiger partial charge in [0.2, 0.25) is 21.8 Å². The van der Waals surface area contributed by atoms with Crippen LogP contribution in [0, 0.1) is 0 Å². The molecule has 2 aromatic rings. The molecule has 0 bridgehead atoms. The highest BCUT2D eigenvalue weighted by Gasteiger charge is 2.29. The summed E-state index contributed by atoms with van der Waals surface area (Å²) in [6, 6.07) is 11.0.